The summed E-state index contributed by atoms with van der Waals surface area (Å²) in [5.74, 6) is 5.35. The molecule has 6 heteroatoms. The van der Waals surface area contributed by atoms with Crippen LogP contribution in [0.3, 0.4) is 0 Å². The van der Waals surface area contributed by atoms with Gasteiger partial charge in [-0.1, -0.05) is 98.0 Å². The Labute approximate surface area is 329 Å². The third-order valence-electron chi connectivity index (χ3n) is 10.4. The standard InChI is InChI=1S/C46H78O4S2/c1-39(2)21-19-23-41-25-29-43(30-26-41)45(47)49-33-13-7-11-17-37-51-35-15-9-5-6-10-16-36-52-38-18-12-8-14-34-50-46(48)44-31-27-42(28-32-44)24-20-22-40(3)4/h21-22,25,27,43-44H,5-20,23-24,26,28-38H2,1-4H3. The molecule has 0 spiro atoms. The fraction of sp³-hybridized carbons (Fsp3) is 0.783. The molecular formula is C46H78O4S2. The van der Waals surface area contributed by atoms with Crippen molar-refractivity contribution in [3.05, 3.63) is 46.6 Å². The molecule has 0 radical (unpaired) electrons. The number of unbranched alkanes of at least 4 members (excludes halogenated alkanes) is 11. The Balaban J connectivity index is 1.24. The zero-order valence-electron chi connectivity index (χ0n) is 34.1. The summed E-state index contributed by atoms with van der Waals surface area (Å²) in [7, 11) is 0. The molecule has 0 amide bonds. The van der Waals surface area contributed by atoms with Gasteiger partial charge in [-0.3, -0.25) is 9.59 Å². The van der Waals surface area contributed by atoms with Crippen LogP contribution in [0.15, 0.2) is 46.6 Å². The minimum absolute atomic E-state index is 0.0249. The minimum Gasteiger partial charge on any atom is -0.465 e. The van der Waals surface area contributed by atoms with E-state index in [1.165, 1.54) is 122 Å². The van der Waals surface area contributed by atoms with Gasteiger partial charge in [0, 0.05) is 0 Å². The molecule has 4 nitrogen and oxygen atoms in total. The van der Waals surface area contributed by atoms with Gasteiger partial charge in [-0.2, -0.15) is 23.5 Å². The van der Waals surface area contributed by atoms with Gasteiger partial charge in [-0.15, -0.1) is 0 Å². The molecule has 0 saturated heterocycles. The van der Waals surface area contributed by atoms with E-state index in [1.807, 2.05) is 0 Å². The Morgan fingerprint density at radius 1 is 0.558 bits per heavy atom. The van der Waals surface area contributed by atoms with Crippen LogP contribution < -0.4 is 0 Å². The molecule has 2 rings (SSSR count). The predicted octanol–water partition coefficient (Wildman–Crippen LogP) is 13.9. The first-order valence-corrected chi connectivity index (χ1v) is 23.8. The van der Waals surface area contributed by atoms with Crippen molar-refractivity contribution in [2.45, 2.75) is 182 Å². The van der Waals surface area contributed by atoms with Crippen molar-refractivity contribution in [1.29, 1.82) is 0 Å². The Hall–Kier alpha value is -1.40. The molecule has 52 heavy (non-hydrogen) atoms. The van der Waals surface area contributed by atoms with E-state index in [4.69, 9.17) is 9.47 Å². The SMILES string of the molecule is CC(C)=CCCC1=CCC(C(=O)OCCCCCCSCCCCCCCCSCCCCCCOC(=O)C2CC=C(CCC=C(C)C)CC2)CC1. The molecule has 2 unspecified atom stereocenters. The van der Waals surface area contributed by atoms with E-state index >= 15 is 0 Å². The van der Waals surface area contributed by atoms with Crippen molar-refractivity contribution >= 4 is 35.5 Å². The van der Waals surface area contributed by atoms with E-state index in [0.29, 0.717) is 13.2 Å². The van der Waals surface area contributed by atoms with Crippen LogP contribution in [0, 0.1) is 11.8 Å². The summed E-state index contributed by atoms with van der Waals surface area (Å²) < 4.78 is 11.2. The highest BCUT2D eigenvalue weighted by atomic mass is 32.2. The molecule has 0 heterocycles. The van der Waals surface area contributed by atoms with Crippen LogP contribution in [0.5, 0.6) is 0 Å². The quantitative estimate of drug-likeness (QED) is 0.0399. The first-order chi connectivity index (χ1) is 25.3. The van der Waals surface area contributed by atoms with Gasteiger partial charge in [0.2, 0.25) is 0 Å². The average molecular weight is 759 g/mol. The summed E-state index contributed by atoms with van der Waals surface area (Å²) in [6.07, 6.45) is 37.1. The van der Waals surface area contributed by atoms with Gasteiger partial charge in [0.05, 0.1) is 25.0 Å². The lowest BCUT2D eigenvalue weighted by Crippen LogP contribution is -2.20. The van der Waals surface area contributed by atoms with E-state index in [-0.39, 0.29) is 23.8 Å². The summed E-state index contributed by atoms with van der Waals surface area (Å²) in [6, 6.07) is 0. The van der Waals surface area contributed by atoms with Gasteiger partial charge in [0.25, 0.3) is 0 Å². The maximum absolute atomic E-state index is 12.4. The van der Waals surface area contributed by atoms with Crippen molar-refractivity contribution < 1.29 is 19.1 Å². The van der Waals surface area contributed by atoms with Crippen LogP contribution >= 0.6 is 23.5 Å². The monoisotopic (exact) mass is 759 g/mol. The summed E-state index contributed by atoms with van der Waals surface area (Å²) in [5.41, 5.74) is 5.80. The van der Waals surface area contributed by atoms with Crippen LogP contribution in [-0.4, -0.2) is 48.2 Å². The van der Waals surface area contributed by atoms with Crippen molar-refractivity contribution in [3.8, 4) is 0 Å². The van der Waals surface area contributed by atoms with E-state index in [0.717, 1.165) is 77.0 Å². The Bertz CT molecular complexity index is 982. The summed E-state index contributed by atoms with van der Waals surface area (Å²) >= 11 is 4.24. The van der Waals surface area contributed by atoms with Gasteiger partial charge < -0.3 is 9.47 Å². The molecule has 0 aliphatic heterocycles. The van der Waals surface area contributed by atoms with Crippen molar-refractivity contribution in [2.24, 2.45) is 11.8 Å². The molecule has 0 saturated carbocycles. The molecule has 298 valence electrons. The predicted molar refractivity (Wildman–Crippen MR) is 229 cm³/mol. The zero-order valence-corrected chi connectivity index (χ0v) is 35.8. The summed E-state index contributed by atoms with van der Waals surface area (Å²) in [6.45, 7) is 9.80. The lowest BCUT2D eigenvalue weighted by molar-refractivity contribution is -0.149. The number of rotatable bonds is 31. The third kappa shape index (κ3) is 25.6. The molecule has 2 atom stereocenters. The van der Waals surface area contributed by atoms with Crippen molar-refractivity contribution in [3.63, 3.8) is 0 Å². The lowest BCUT2D eigenvalue weighted by atomic mass is 9.88. The summed E-state index contributed by atoms with van der Waals surface area (Å²) in [4.78, 5) is 24.8. The zero-order chi connectivity index (χ0) is 37.5. The molecule has 0 N–H and O–H groups in total. The van der Waals surface area contributed by atoms with E-state index in [9.17, 15) is 9.59 Å². The number of carbonyl (C=O) groups excluding carboxylic acids is 2. The van der Waals surface area contributed by atoms with E-state index in [1.54, 1.807) is 0 Å². The fourth-order valence-electron chi connectivity index (χ4n) is 6.97. The van der Waals surface area contributed by atoms with Gasteiger partial charge in [0.1, 0.15) is 0 Å². The van der Waals surface area contributed by atoms with Crippen LogP contribution in [0.1, 0.15) is 182 Å². The van der Waals surface area contributed by atoms with Crippen molar-refractivity contribution in [2.75, 3.05) is 36.2 Å². The first kappa shape index (κ1) is 46.8. The number of esters is 2. The van der Waals surface area contributed by atoms with Crippen molar-refractivity contribution in [1.82, 2.24) is 0 Å². The highest BCUT2D eigenvalue weighted by Crippen LogP contribution is 2.29. The molecule has 0 bridgehead atoms. The Morgan fingerprint density at radius 2 is 0.904 bits per heavy atom. The highest BCUT2D eigenvalue weighted by molar-refractivity contribution is 7.99. The van der Waals surface area contributed by atoms with Crippen LogP contribution in [0.25, 0.3) is 0 Å². The van der Waals surface area contributed by atoms with E-state index < -0.39 is 0 Å². The van der Waals surface area contributed by atoms with Gasteiger partial charge in [-0.25, -0.2) is 0 Å². The third-order valence-corrected chi connectivity index (χ3v) is 12.7. The van der Waals surface area contributed by atoms with Gasteiger partial charge in [0.15, 0.2) is 0 Å². The second-order valence-corrected chi connectivity index (χ2v) is 18.3. The first-order valence-electron chi connectivity index (χ1n) is 21.5. The number of allylic oxidation sites excluding steroid dienone is 8. The Kier molecular flexibility index (Phi) is 28.7. The molecule has 2 aliphatic carbocycles. The number of hydrogen-bond acceptors (Lipinski definition) is 6. The van der Waals surface area contributed by atoms with Gasteiger partial charge >= 0.3 is 11.9 Å². The number of thioether (sulfide) groups is 2. The molecule has 0 aromatic carbocycles. The smallest absolute Gasteiger partial charge is 0.309 e. The minimum atomic E-state index is 0.0249. The topological polar surface area (TPSA) is 52.6 Å². The van der Waals surface area contributed by atoms with Crippen LogP contribution in [0.4, 0.5) is 0 Å². The van der Waals surface area contributed by atoms with Crippen LogP contribution in [-0.2, 0) is 19.1 Å². The van der Waals surface area contributed by atoms with E-state index in [2.05, 4.69) is 75.5 Å². The molecule has 0 fully saturated rings. The second kappa shape index (κ2) is 31.9. The molecule has 2 aliphatic rings. The highest BCUT2D eigenvalue weighted by Gasteiger charge is 2.23. The molecule has 0 aromatic heterocycles. The normalized spacial score (nSPS) is 17.2. The van der Waals surface area contributed by atoms with Crippen LogP contribution in [0.2, 0.25) is 0 Å². The average Bonchev–Trinajstić information content (AvgIpc) is 3.13. The molecule has 0 aromatic rings. The number of carbonyl (C=O) groups is 2. The Morgan fingerprint density at radius 3 is 1.23 bits per heavy atom. The largest absolute Gasteiger partial charge is 0.465 e. The van der Waals surface area contributed by atoms with Gasteiger partial charge in [-0.05, 0) is 153 Å². The second-order valence-electron chi connectivity index (χ2n) is 15.8. The maximum Gasteiger partial charge on any atom is 0.309 e. The maximum atomic E-state index is 12.4. The lowest BCUT2D eigenvalue weighted by Gasteiger charge is -2.20. The number of ether oxygens (including phenoxy) is 2. The molecular weight excluding hydrogens is 681 g/mol. The summed E-state index contributed by atoms with van der Waals surface area (Å²) in [5, 5.41) is 0. The fourth-order valence-corrected chi connectivity index (χ4v) is 9.01. The number of hydrogen-bond donors (Lipinski definition) is 0.